The Labute approximate surface area is 127 Å². The van der Waals surface area contributed by atoms with Crippen LogP contribution in [0.15, 0.2) is 41.2 Å². The third-order valence-corrected chi connectivity index (χ3v) is 3.23. The van der Waals surface area contributed by atoms with E-state index in [1.807, 2.05) is 19.1 Å². The maximum Gasteiger partial charge on any atom is 0.341 e. The van der Waals surface area contributed by atoms with Crippen molar-refractivity contribution in [2.45, 2.75) is 20.4 Å². The highest BCUT2D eigenvalue weighted by atomic mass is 16.4. The summed E-state index contributed by atoms with van der Waals surface area (Å²) < 4.78 is 1.15. The Bertz CT molecular complexity index is 793. The number of rotatable bonds is 4. The predicted molar refractivity (Wildman–Crippen MR) is 82.2 cm³/mol. The largest absolute Gasteiger partial charge is 0.477 e. The summed E-state index contributed by atoms with van der Waals surface area (Å²) in [6, 6.07) is 10.0. The summed E-state index contributed by atoms with van der Waals surface area (Å²) in [6.45, 7) is 3.31. The topological polar surface area (TPSA) is 88.4 Å². The third-order valence-electron chi connectivity index (χ3n) is 3.23. The molecular weight excluding hydrogens is 284 g/mol. The molecule has 0 bridgehead atoms. The first-order valence-electron chi connectivity index (χ1n) is 6.69. The minimum absolute atomic E-state index is 0.236. The first kappa shape index (κ1) is 15.5. The van der Waals surface area contributed by atoms with Gasteiger partial charge in [0, 0.05) is 11.4 Å². The third kappa shape index (κ3) is 3.41. The van der Waals surface area contributed by atoms with Crippen LogP contribution < -0.4 is 10.9 Å². The predicted octanol–water partition coefficient (Wildman–Crippen LogP) is 1.80. The number of nitrogens with one attached hydrogen (secondary N) is 1. The molecule has 0 unspecified atom stereocenters. The van der Waals surface area contributed by atoms with Crippen molar-refractivity contribution in [3.8, 4) is 0 Å². The number of carbonyl (C=O) groups excluding carboxylic acids is 1. The lowest BCUT2D eigenvalue weighted by molar-refractivity contribution is -0.116. The van der Waals surface area contributed by atoms with Gasteiger partial charge in [-0.3, -0.25) is 9.59 Å². The molecule has 2 aromatic rings. The van der Waals surface area contributed by atoms with Gasteiger partial charge >= 0.3 is 5.97 Å². The number of carboxylic acid groups (broad SMARTS) is 1. The van der Waals surface area contributed by atoms with E-state index in [-0.39, 0.29) is 12.1 Å². The van der Waals surface area contributed by atoms with Crippen molar-refractivity contribution in [3.05, 3.63) is 63.6 Å². The summed E-state index contributed by atoms with van der Waals surface area (Å²) in [5, 5.41) is 11.7. The fraction of sp³-hybridized carbons (Fsp3) is 0.188. The molecule has 0 aliphatic carbocycles. The van der Waals surface area contributed by atoms with Crippen LogP contribution in [-0.4, -0.2) is 21.6 Å². The van der Waals surface area contributed by atoms with E-state index in [1.165, 1.54) is 12.1 Å². The highest BCUT2D eigenvalue weighted by Gasteiger charge is 2.14. The Balaban J connectivity index is 2.23. The fourth-order valence-electron chi connectivity index (χ4n) is 2.10. The molecule has 0 saturated heterocycles. The number of pyridine rings is 1. The summed E-state index contributed by atoms with van der Waals surface area (Å²) in [6.07, 6.45) is 0. The number of nitrogens with zero attached hydrogens (tertiary/aromatic N) is 1. The van der Waals surface area contributed by atoms with E-state index in [1.54, 1.807) is 19.1 Å². The first-order valence-corrected chi connectivity index (χ1v) is 6.69. The number of aromatic nitrogens is 1. The second-order valence-corrected chi connectivity index (χ2v) is 5.00. The minimum Gasteiger partial charge on any atom is -0.477 e. The Hall–Kier alpha value is -2.89. The number of anilines is 1. The molecule has 0 atom stereocenters. The van der Waals surface area contributed by atoms with Crippen LogP contribution in [0.5, 0.6) is 0 Å². The molecule has 22 heavy (non-hydrogen) atoms. The number of benzene rings is 1. The maximum absolute atomic E-state index is 12.1. The molecule has 0 radical (unpaired) electrons. The Morgan fingerprint density at radius 3 is 2.55 bits per heavy atom. The highest BCUT2D eigenvalue weighted by Crippen LogP contribution is 2.09. The highest BCUT2D eigenvalue weighted by molar-refractivity contribution is 5.91. The van der Waals surface area contributed by atoms with Crippen LogP contribution in [0.4, 0.5) is 5.69 Å². The SMILES string of the molecule is Cc1cccc(NC(=O)Cn2c(C)ccc(C(=O)O)c2=O)c1. The van der Waals surface area contributed by atoms with Gasteiger partial charge in [-0.1, -0.05) is 12.1 Å². The van der Waals surface area contributed by atoms with Crippen molar-refractivity contribution in [2.24, 2.45) is 0 Å². The second-order valence-electron chi connectivity index (χ2n) is 5.00. The summed E-state index contributed by atoms with van der Waals surface area (Å²) in [4.78, 5) is 35.1. The van der Waals surface area contributed by atoms with Crippen LogP contribution in [-0.2, 0) is 11.3 Å². The number of hydrogen-bond acceptors (Lipinski definition) is 3. The van der Waals surface area contributed by atoms with Crippen molar-refractivity contribution >= 4 is 17.6 Å². The van der Waals surface area contributed by atoms with Crippen molar-refractivity contribution in [3.63, 3.8) is 0 Å². The average molecular weight is 300 g/mol. The van der Waals surface area contributed by atoms with Gasteiger partial charge in [0.25, 0.3) is 5.56 Å². The molecule has 0 aliphatic heterocycles. The van der Waals surface area contributed by atoms with Gasteiger partial charge in [-0.2, -0.15) is 0 Å². The fourth-order valence-corrected chi connectivity index (χ4v) is 2.10. The molecule has 0 aliphatic rings. The number of hydrogen-bond donors (Lipinski definition) is 2. The summed E-state index contributed by atoms with van der Waals surface area (Å²) in [5.41, 5.74) is 1.11. The van der Waals surface area contributed by atoms with E-state index in [4.69, 9.17) is 5.11 Å². The number of aryl methyl sites for hydroxylation is 2. The van der Waals surface area contributed by atoms with Gasteiger partial charge in [-0.15, -0.1) is 0 Å². The van der Waals surface area contributed by atoms with Crippen LogP contribution in [0.2, 0.25) is 0 Å². The molecule has 1 heterocycles. The van der Waals surface area contributed by atoms with Crippen molar-refractivity contribution in [1.29, 1.82) is 0 Å². The number of aromatic carboxylic acids is 1. The van der Waals surface area contributed by atoms with Gasteiger partial charge in [0.2, 0.25) is 5.91 Å². The summed E-state index contributed by atoms with van der Waals surface area (Å²) in [7, 11) is 0. The molecule has 2 rings (SSSR count). The van der Waals surface area contributed by atoms with E-state index < -0.39 is 17.4 Å². The number of carboxylic acids is 1. The van der Waals surface area contributed by atoms with Crippen molar-refractivity contribution in [2.75, 3.05) is 5.32 Å². The van der Waals surface area contributed by atoms with Crippen molar-refractivity contribution < 1.29 is 14.7 Å². The normalized spacial score (nSPS) is 10.3. The molecule has 6 nitrogen and oxygen atoms in total. The lowest BCUT2D eigenvalue weighted by Gasteiger charge is -2.11. The molecular formula is C16H16N2O4. The maximum atomic E-state index is 12.1. The van der Waals surface area contributed by atoms with E-state index in [9.17, 15) is 14.4 Å². The smallest absolute Gasteiger partial charge is 0.341 e. The zero-order valence-electron chi connectivity index (χ0n) is 12.3. The zero-order chi connectivity index (χ0) is 16.3. The molecule has 0 spiro atoms. The van der Waals surface area contributed by atoms with Gasteiger partial charge < -0.3 is 15.0 Å². The quantitative estimate of drug-likeness (QED) is 0.901. The van der Waals surface area contributed by atoms with Gasteiger partial charge in [0.15, 0.2) is 0 Å². The van der Waals surface area contributed by atoms with Crippen LogP contribution in [0, 0.1) is 13.8 Å². The van der Waals surface area contributed by atoms with E-state index in [0.717, 1.165) is 10.1 Å². The minimum atomic E-state index is -1.31. The number of amides is 1. The van der Waals surface area contributed by atoms with Crippen LogP contribution >= 0.6 is 0 Å². The van der Waals surface area contributed by atoms with E-state index >= 15 is 0 Å². The summed E-state index contributed by atoms with van der Waals surface area (Å²) in [5.74, 6) is -1.70. The van der Waals surface area contributed by atoms with Crippen LogP contribution in [0.3, 0.4) is 0 Å². The van der Waals surface area contributed by atoms with E-state index in [0.29, 0.717) is 11.4 Å². The van der Waals surface area contributed by atoms with Gasteiger partial charge in [0.1, 0.15) is 12.1 Å². The number of carbonyl (C=O) groups is 2. The molecule has 1 aromatic heterocycles. The standard InChI is InChI=1S/C16H16N2O4/c1-10-4-3-5-12(8-10)17-14(19)9-18-11(2)6-7-13(15(18)20)16(21)22/h3-8H,9H2,1-2H3,(H,17,19)(H,21,22). The zero-order valence-corrected chi connectivity index (χ0v) is 12.3. The second kappa shape index (κ2) is 6.26. The molecule has 1 amide bonds. The van der Waals surface area contributed by atoms with Gasteiger partial charge in [-0.25, -0.2) is 4.79 Å². The first-order chi connectivity index (χ1) is 10.4. The monoisotopic (exact) mass is 300 g/mol. The van der Waals surface area contributed by atoms with Gasteiger partial charge in [-0.05, 0) is 43.7 Å². The Kier molecular flexibility index (Phi) is 4.41. The van der Waals surface area contributed by atoms with Crippen LogP contribution in [0.25, 0.3) is 0 Å². The van der Waals surface area contributed by atoms with Crippen molar-refractivity contribution in [1.82, 2.24) is 4.57 Å². The average Bonchev–Trinajstić information content (AvgIpc) is 2.43. The lowest BCUT2D eigenvalue weighted by atomic mass is 10.2. The molecule has 6 heteroatoms. The lowest BCUT2D eigenvalue weighted by Crippen LogP contribution is -2.32. The molecule has 114 valence electrons. The molecule has 0 fully saturated rings. The molecule has 2 N–H and O–H groups in total. The molecule has 1 aromatic carbocycles. The molecule has 0 saturated carbocycles. The summed E-state index contributed by atoms with van der Waals surface area (Å²) >= 11 is 0. The van der Waals surface area contributed by atoms with Crippen LogP contribution in [0.1, 0.15) is 21.6 Å². The Morgan fingerprint density at radius 2 is 1.91 bits per heavy atom. The van der Waals surface area contributed by atoms with E-state index in [2.05, 4.69) is 5.32 Å². The Morgan fingerprint density at radius 1 is 1.18 bits per heavy atom. The van der Waals surface area contributed by atoms with Gasteiger partial charge in [0.05, 0.1) is 0 Å².